The highest BCUT2D eigenvalue weighted by Gasteiger charge is 2.18. The molecule has 0 radical (unpaired) electrons. The minimum Gasteiger partial charge on any atom is -0.348 e. The van der Waals surface area contributed by atoms with Gasteiger partial charge in [0.1, 0.15) is 6.04 Å². The molecule has 0 aliphatic rings. The van der Waals surface area contributed by atoms with Crippen LogP contribution in [0.4, 0.5) is 0 Å². The first kappa shape index (κ1) is 17.2. The van der Waals surface area contributed by atoms with Crippen molar-refractivity contribution in [2.24, 2.45) is 12.8 Å². The molecule has 0 saturated carbocycles. The summed E-state index contributed by atoms with van der Waals surface area (Å²) in [6.45, 7) is 3.91. The van der Waals surface area contributed by atoms with Gasteiger partial charge in [0.15, 0.2) is 0 Å². The topological polar surface area (TPSA) is 72.9 Å². The Labute approximate surface area is 130 Å². The first-order valence-electron chi connectivity index (χ1n) is 6.58. The zero-order chi connectivity index (χ0) is 14.7. The summed E-state index contributed by atoms with van der Waals surface area (Å²) >= 11 is 0. The van der Waals surface area contributed by atoms with Crippen molar-refractivity contribution in [2.75, 3.05) is 0 Å². The molecule has 6 heteroatoms. The monoisotopic (exact) mass is 308 g/mol. The Balaban J connectivity index is 0.00000220. The Morgan fingerprint density at radius 3 is 2.43 bits per heavy atom. The summed E-state index contributed by atoms with van der Waals surface area (Å²) in [4.78, 5) is 12.2. The first-order chi connectivity index (χ1) is 9.47. The number of rotatable bonds is 4. The third-order valence-corrected chi connectivity index (χ3v) is 3.30. The van der Waals surface area contributed by atoms with Gasteiger partial charge in [-0.1, -0.05) is 29.8 Å². The molecule has 0 fully saturated rings. The van der Waals surface area contributed by atoms with E-state index in [1.807, 2.05) is 51.4 Å². The third kappa shape index (κ3) is 4.31. The van der Waals surface area contributed by atoms with Crippen LogP contribution in [0.5, 0.6) is 0 Å². The molecule has 0 bridgehead atoms. The number of hydrogen-bond acceptors (Lipinski definition) is 3. The number of aryl methyl sites for hydroxylation is 2. The molecule has 2 rings (SSSR count). The zero-order valence-corrected chi connectivity index (χ0v) is 13.2. The van der Waals surface area contributed by atoms with Crippen LogP contribution < -0.4 is 11.1 Å². The molecule has 1 aromatic carbocycles. The summed E-state index contributed by atoms with van der Waals surface area (Å²) < 4.78 is 1.71. The molecule has 0 aliphatic heterocycles. The molecule has 1 heterocycles. The average Bonchev–Trinajstić information content (AvgIpc) is 2.85. The number of carbonyl (C=O) groups is 1. The number of aromatic nitrogens is 2. The van der Waals surface area contributed by atoms with E-state index >= 15 is 0 Å². The van der Waals surface area contributed by atoms with E-state index in [-0.39, 0.29) is 24.4 Å². The quantitative estimate of drug-likeness (QED) is 0.907. The molecule has 0 aliphatic carbocycles. The van der Waals surface area contributed by atoms with Crippen molar-refractivity contribution in [1.82, 2.24) is 15.1 Å². The summed E-state index contributed by atoms with van der Waals surface area (Å²) in [6.07, 6.45) is 3.62. The van der Waals surface area contributed by atoms with Crippen LogP contribution in [0.25, 0.3) is 0 Å². The largest absolute Gasteiger partial charge is 0.348 e. The molecule has 2 atom stereocenters. The van der Waals surface area contributed by atoms with Gasteiger partial charge in [0.05, 0.1) is 12.2 Å². The number of hydrogen-bond donors (Lipinski definition) is 2. The van der Waals surface area contributed by atoms with Crippen LogP contribution in [0.15, 0.2) is 36.7 Å². The summed E-state index contributed by atoms with van der Waals surface area (Å²) in [5, 5.41) is 7.00. The number of amides is 1. The second-order valence-corrected chi connectivity index (χ2v) is 5.07. The maximum atomic E-state index is 12.2. The Morgan fingerprint density at radius 2 is 1.90 bits per heavy atom. The number of halogens is 1. The second-order valence-electron chi connectivity index (χ2n) is 5.07. The highest BCUT2D eigenvalue weighted by Crippen LogP contribution is 2.15. The highest BCUT2D eigenvalue weighted by atomic mass is 35.5. The molecule has 2 unspecified atom stereocenters. The van der Waals surface area contributed by atoms with Gasteiger partial charge in [-0.25, -0.2) is 0 Å². The summed E-state index contributed by atoms with van der Waals surface area (Å²) in [5.74, 6) is -0.190. The number of nitrogens with two attached hydrogens (primary N) is 1. The second kappa shape index (κ2) is 7.24. The van der Waals surface area contributed by atoms with Gasteiger partial charge in [0.25, 0.3) is 0 Å². The van der Waals surface area contributed by atoms with Crippen LogP contribution in [0, 0.1) is 6.92 Å². The van der Waals surface area contributed by atoms with Crippen molar-refractivity contribution in [2.45, 2.75) is 25.9 Å². The van der Waals surface area contributed by atoms with Gasteiger partial charge in [-0.15, -0.1) is 12.4 Å². The van der Waals surface area contributed by atoms with E-state index in [0.717, 1.165) is 16.7 Å². The molecule has 114 valence electrons. The van der Waals surface area contributed by atoms with E-state index in [4.69, 9.17) is 5.73 Å². The first-order valence-corrected chi connectivity index (χ1v) is 6.58. The van der Waals surface area contributed by atoms with Crippen molar-refractivity contribution in [3.05, 3.63) is 53.3 Å². The number of nitrogens with zero attached hydrogens (tertiary/aromatic N) is 2. The van der Waals surface area contributed by atoms with Crippen LogP contribution in [-0.2, 0) is 11.8 Å². The van der Waals surface area contributed by atoms with E-state index in [9.17, 15) is 4.79 Å². The van der Waals surface area contributed by atoms with Crippen LogP contribution in [0.1, 0.15) is 35.7 Å². The number of carbonyl (C=O) groups excluding carboxylic acids is 1. The Kier molecular flexibility index (Phi) is 5.93. The lowest BCUT2D eigenvalue weighted by molar-refractivity contribution is -0.123. The van der Waals surface area contributed by atoms with Gasteiger partial charge in [-0.3, -0.25) is 9.48 Å². The lowest BCUT2D eigenvalue weighted by Gasteiger charge is -2.17. The minimum atomic E-state index is -0.658. The maximum absolute atomic E-state index is 12.2. The molecule has 21 heavy (non-hydrogen) atoms. The van der Waals surface area contributed by atoms with E-state index < -0.39 is 6.04 Å². The van der Waals surface area contributed by atoms with Gasteiger partial charge < -0.3 is 11.1 Å². The van der Waals surface area contributed by atoms with Crippen molar-refractivity contribution in [3.63, 3.8) is 0 Å². The van der Waals surface area contributed by atoms with Gasteiger partial charge >= 0.3 is 0 Å². The standard InChI is InChI=1S/C15H20N4O.ClH/c1-10-4-6-12(7-5-10)14(16)15(20)18-11(2)13-8-17-19(3)9-13;/h4-9,11,14H,16H2,1-3H3,(H,18,20);1H. The fraction of sp³-hybridized carbons (Fsp3) is 0.333. The van der Waals surface area contributed by atoms with Crippen LogP contribution >= 0.6 is 12.4 Å². The summed E-state index contributed by atoms with van der Waals surface area (Å²) in [5.41, 5.74) is 8.90. The number of nitrogens with one attached hydrogen (secondary N) is 1. The maximum Gasteiger partial charge on any atom is 0.241 e. The van der Waals surface area contributed by atoms with Gasteiger partial charge in [0, 0.05) is 18.8 Å². The van der Waals surface area contributed by atoms with Crippen LogP contribution in [0.2, 0.25) is 0 Å². The molecule has 5 nitrogen and oxygen atoms in total. The van der Waals surface area contributed by atoms with E-state index in [0.29, 0.717) is 0 Å². The molecule has 2 aromatic rings. The molecular formula is C15H21ClN4O. The predicted molar refractivity (Wildman–Crippen MR) is 85.1 cm³/mol. The molecule has 1 aromatic heterocycles. The van der Waals surface area contributed by atoms with Gasteiger partial charge in [-0.05, 0) is 19.4 Å². The van der Waals surface area contributed by atoms with Crippen molar-refractivity contribution in [1.29, 1.82) is 0 Å². The van der Waals surface area contributed by atoms with Crippen LogP contribution in [-0.4, -0.2) is 15.7 Å². The lowest BCUT2D eigenvalue weighted by atomic mass is 10.0. The SMILES string of the molecule is Cc1ccc(C(N)C(=O)NC(C)c2cnn(C)c2)cc1.Cl. The van der Waals surface area contributed by atoms with Gasteiger partial charge in [-0.2, -0.15) is 5.10 Å². The van der Waals surface area contributed by atoms with Crippen molar-refractivity contribution >= 4 is 18.3 Å². The summed E-state index contributed by atoms with van der Waals surface area (Å²) in [7, 11) is 1.84. The minimum absolute atomic E-state index is 0. The fourth-order valence-corrected chi connectivity index (χ4v) is 1.98. The average molecular weight is 309 g/mol. The number of benzene rings is 1. The zero-order valence-electron chi connectivity index (χ0n) is 12.4. The highest BCUT2D eigenvalue weighted by molar-refractivity contribution is 5.85. The lowest BCUT2D eigenvalue weighted by Crippen LogP contribution is -2.35. The normalized spacial score (nSPS) is 13.1. The van der Waals surface area contributed by atoms with E-state index in [2.05, 4.69) is 10.4 Å². The molecule has 3 N–H and O–H groups in total. The van der Waals surface area contributed by atoms with Crippen LogP contribution in [0.3, 0.4) is 0 Å². The molecule has 1 amide bonds. The third-order valence-electron chi connectivity index (χ3n) is 3.30. The molecular weight excluding hydrogens is 288 g/mol. The van der Waals surface area contributed by atoms with Crippen molar-refractivity contribution in [3.8, 4) is 0 Å². The van der Waals surface area contributed by atoms with E-state index in [1.54, 1.807) is 10.9 Å². The Bertz CT molecular complexity index is 594. The molecule has 0 spiro atoms. The van der Waals surface area contributed by atoms with Crippen molar-refractivity contribution < 1.29 is 4.79 Å². The summed E-state index contributed by atoms with van der Waals surface area (Å²) in [6, 6.07) is 6.89. The smallest absolute Gasteiger partial charge is 0.241 e. The Hall–Kier alpha value is -1.85. The predicted octanol–water partition coefficient (Wildman–Crippen LogP) is 2.03. The fourth-order valence-electron chi connectivity index (χ4n) is 1.98. The van der Waals surface area contributed by atoms with Gasteiger partial charge in [0.2, 0.25) is 5.91 Å². The molecule has 0 saturated heterocycles. The Morgan fingerprint density at radius 1 is 1.29 bits per heavy atom. The van der Waals surface area contributed by atoms with E-state index in [1.165, 1.54) is 0 Å².